The van der Waals surface area contributed by atoms with Crippen molar-refractivity contribution in [2.45, 2.75) is 37.0 Å². The molecular weight excluding hydrogens is 461 g/mol. The van der Waals surface area contributed by atoms with E-state index < -0.39 is 0 Å². The Morgan fingerprint density at radius 3 is 2.81 bits per heavy atom. The van der Waals surface area contributed by atoms with E-state index in [9.17, 15) is 0 Å². The number of aliphatic imine (C=N–C) groups is 1. The van der Waals surface area contributed by atoms with Crippen molar-refractivity contribution in [3.05, 3.63) is 18.7 Å². The lowest BCUT2D eigenvalue weighted by molar-refractivity contribution is 0.0779. The average Bonchev–Trinajstić information content (AvgIpc) is 3.18. The third kappa shape index (κ3) is 5.07. The minimum Gasteiger partial charge on any atom is -0.381 e. The first kappa shape index (κ1) is 21.8. The molecule has 2 unspecified atom stereocenters. The van der Waals surface area contributed by atoms with E-state index in [1.165, 1.54) is 6.42 Å². The van der Waals surface area contributed by atoms with E-state index in [2.05, 4.69) is 44.1 Å². The van der Waals surface area contributed by atoms with E-state index in [0.29, 0.717) is 12.0 Å². The van der Waals surface area contributed by atoms with Crippen LogP contribution in [-0.4, -0.2) is 71.3 Å². The highest BCUT2D eigenvalue weighted by molar-refractivity contribution is 14.0. The Labute approximate surface area is 178 Å². The number of likely N-dealkylation sites (tertiary alicyclic amines) is 1. The number of halogens is 1. The number of rotatable bonds is 4. The lowest BCUT2D eigenvalue weighted by Gasteiger charge is -2.41. The van der Waals surface area contributed by atoms with Crippen molar-refractivity contribution in [1.29, 1.82) is 0 Å². The molecule has 2 aliphatic heterocycles. The predicted octanol–water partition coefficient (Wildman–Crippen LogP) is 2.87. The van der Waals surface area contributed by atoms with E-state index in [1.807, 2.05) is 31.3 Å². The summed E-state index contributed by atoms with van der Waals surface area (Å²) in [5.41, 5.74) is 0. The van der Waals surface area contributed by atoms with E-state index in [0.717, 1.165) is 51.6 Å². The number of guanidine groups is 1. The maximum atomic E-state index is 5.55. The minimum atomic E-state index is 0. The molecule has 1 aromatic heterocycles. The maximum Gasteiger partial charge on any atom is 0.193 e. The highest BCUT2D eigenvalue weighted by Crippen LogP contribution is 2.33. The SMILES string of the molecule is CN=C(NCC1(SC)CCOCC1)N1CCC(C)C(n2ccnc2)C1.I. The smallest absolute Gasteiger partial charge is 0.193 e. The second kappa shape index (κ2) is 10.2. The molecule has 0 amide bonds. The van der Waals surface area contributed by atoms with Gasteiger partial charge in [0, 0.05) is 57.0 Å². The third-order valence-electron chi connectivity index (χ3n) is 5.74. The average molecular weight is 493 g/mol. The van der Waals surface area contributed by atoms with Crippen LogP contribution in [0.4, 0.5) is 0 Å². The van der Waals surface area contributed by atoms with Gasteiger partial charge in [-0.15, -0.1) is 24.0 Å². The summed E-state index contributed by atoms with van der Waals surface area (Å²) >= 11 is 1.96. The first-order chi connectivity index (χ1) is 12.2. The molecule has 6 nitrogen and oxygen atoms in total. The van der Waals surface area contributed by atoms with Crippen LogP contribution in [0.2, 0.25) is 0 Å². The third-order valence-corrected chi connectivity index (χ3v) is 7.16. The molecule has 3 rings (SSSR count). The zero-order valence-electron chi connectivity index (χ0n) is 16.1. The van der Waals surface area contributed by atoms with E-state index in [4.69, 9.17) is 4.74 Å². The first-order valence-corrected chi connectivity index (χ1v) is 10.5. The number of imidazole rings is 1. The zero-order chi connectivity index (χ0) is 17.7. The molecule has 2 aliphatic rings. The van der Waals surface area contributed by atoms with E-state index in [1.54, 1.807) is 0 Å². The molecule has 1 aromatic rings. The van der Waals surface area contributed by atoms with Crippen molar-refractivity contribution in [2.24, 2.45) is 10.9 Å². The van der Waals surface area contributed by atoms with Crippen molar-refractivity contribution in [3.8, 4) is 0 Å². The highest BCUT2D eigenvalue weighted by Gasteiger charge is 2.33. The van der Waals surface area contributed by atoms with Gasteiger partial charge in [0.15, 0.2) is 5.96 Å². The number of piperidine rings is 1. The van der Waals surface area contributed by atoms with Crippen molar-refractivity contribution < 1.29 is 4.74 Å². The zero-order valence-corrected chi connectivity index (χ0v) is 19.2. The van der Waals surface area contributed by atoms with Crippen LogP contribution in [0.3, 0.4) is 0 Å². The monoisotopic (exact) mass is 493 g/mol. The fraction of sp³-hybridized carbons (Fsp3) is 0.778. The van der Waals surface area contributed by atoms with Crippen LogP contribution in [0.1, 0.15) is 32.2 Å². The second-order valence-electron chi connectivity index (χ2n) is 7.19. The summed E-state index contributed by atoms with van der Waals surface area (Å²) < 4.78 is 8.06. The molecule has 148 valence electrons. The molecule has 26 heavy (non-hydrogen) atoms. The van der Waals surface area contributed by atoms with Crippen LogP contribution in [0.15, 0.2) is 23.7 Å². The van der Waals surface area contributed by atoms with E-state index in [-0.39, 0.29) is 28.7 Å². The van der Waals surface area contributed by atoms with Crippen molar-refractivity contribution in [2.75, 3.05) is 46.2 Å². The molecule has 0 bridgehead atoms. The van der Waals surface area contributed by atoms with Crippen molar-refractivity contribution >= 4 is 41.7 Å². The molecule has 2 atom stereocenters. The fourth-order valence-corrected chi connectivity index (χ4v) is 4.66. The molecule has 0 saturated carbocycles. The number of nitrogens with zero attached hydrogens (tertiary/aromatic N) is 4. The summed E-state index contributed by atoms with van der Waals surface area (Å²) in [6.07, 6.45) is 11.5. The van der Waals surface area contributed by atoms with Gasteiger partial charge in [0.1, 0.15) is 0 Å². The number of aromatic nitrogens is 2. The van der Waals surface area contributed by atoms with Crippen molar-refractivity contribution in [3.63, 3.8) is 0 Å². The summed E-state index contributed by atoms with van der Waals surface area (Å²) in [5, 5.41) is 3.66. The minimum absolute atomic E-state index is 0. The van der Waals surface area contributed by atoms with Gasteiger partial charge in [0.2, 0.25) is 0 Å². The summed E-state index contributed by atoms with van der Waals surface area (Å²) in [6.45, 7) is 7.05. The Morgan fingerprint density at radius 1 is 1.42 bits per heavy atom. The predicted molar refractivity (Wildman–Crippen MR) is 120 cm³/mol. The second-order valence-corrected chi connectivity index (χ2v) is 8.46. The van der Waals surface area contributed by atoms with Crippen LogP contribution in [0, 0.1) is 5.92 Å². The Balaban J connectivity index is 0.00000243. The number of ether oxygens (including phenoxy) is 1. The molecule has 0 aliphatic carbocycles. The molecule has 0 radical (unpaired) electrons. The number of hydrogen-bond donors (Lipinski definition) is 1. The lowest BCUT2D eigenvalue weighted by atomic mass is 9.93. The van der Waals surface area contributed by atoms with Gasteiger partial charge in [-0.1, -0.05) is 6.92 Å². The number of nitrogens with one attached hydrogen (secondary N) is 1. The molecule has 0 aromatic carbocycles. The van der Waals surface area contributed by atoms with Crippen LogP contribution >= 0.6 is 35.7 Å². The lowest BCUT2D eigenvalue weighted by Crippen LogP contribution is -2.52. The normalized spacial score (nSPS) is 26.3. The van der Waals surface area contributed by atoms with E-state index >= 15 is 0 Å². The Kier molecular flexibility index (Phi) is 8.53. The van der Waals surface area contributed by atoms with Gasteiger partial charge >= 0.3 is 0 Å². The van der Waals surface area contributed by atoms with Gasteiger partial charge in [0.25, 0.3) is 0 Å². The van der Waals surface area contributed by atoms with Crippen LogP contribution in [-0.2, 0) is 4.74 Å². The highest BCUT2D eigenvalue weighted by atomic mass is 127. The summed E-state index contributed by atoms with van der Waals surface area (Å²) in [6, 6.07) is 0.451. The Bertz CT molecular complexity index is 562. The Morgan fingerprint density at radius 2 is 2.19 bits per heavy atom. The van der Waals surface area contributed by atoms with Crippen LogP contribution in [0.5, 0.6) is 0 Å². The molecule has 8 heteroatoms. The molecular formula is C18H32IN5OS. The van der Waals surface area contributed by atoms with Gasteiger partial charge in [-0.05, 0) is 31.4 Å². The van der Waals surface area contributed by atoms with Gasteiger partial charge in [-0.3, -0.25) is 4.99 Å². The quantitative estimate of drug-likeness (QED) is 0.397. The maximum absolute atomic E-state index is 5.55. The van der Waals surface area contributed by atoms with Gasteiger partial charge in [-0.25, -0.2) is 4.98 Å². The first-order valence-electron chi connectivity index (χ1n) is 9.23. The molecule has 3 heterocycles. The number of hydrogen-bond acceptors (Lipinski definition) is 4. The van der Waals surface area contributed by atoms with Crippen molar-refractivity contribution in [1.82, 2.24) is 19.8 Å². The summed E-state index contributed by atoms with van der Waals surface area (Å²) in [5.74, 6) is 1.67. The van der Waals surface area contributed by atoms with Gasteiger partial charge in [-0.2, -0.15) is 11.8 Å². The van der Waals surface area contributed by atoms with Crippen LogP contribution < -0.4 is 5.32 Å². The largest absolute Gasteiger partial charge is 0.381 e. The molecule has 2 saturated heterocycles. The van der Waals surface area contributed by atoms with Crippen LogP contribution in [0.25, 0.3) is 0 Å². The van der Waals surface area contributed by atoms with Gasteiger partial charge in [0.05, 0.1) is 12.4 Å². The fourth-order valence-electron chi connectivity index (χ4n) is 3.86. The summed E-state index contributed by atoms with van der Waals surface area (Å²) in [7, 11) is 1.89. The van der Waals surface area contributed by atoms with Gasteiger partial charge < -0.3 is 19.5 Å². The number of thioether (sulfide) groups is 1. The standard InChI is InChI=1S/C18H31N5OS.HI/c1-15-4-8-22(12-16(15)23-9-7-20-14-23)17(19-2)21-13-18(25-3)5-10-24-11-6-18;/h7,9,14-16H,4-6,8,10-13H2,1-3H3,(H,19,21);1H. The topological polar surface area (TPSA) is 54.7 Å². The summed E-state index contributed by atoms with van der Waals surface area (Å²) in [4.78, 5) is 11.2. The molecule has 2 fully saturated rings. The molecule has 0 spiro atoms. The molecule has 1 N–H and O–H groups in total. The Hall–Kier alpha value is -0.480.